The number of amides is 2. The first-order valence-corrected chi connectivity index (χ1v) is 6.74. The molecule has 0 spiro atoms. The number of rotatable bonds is 4. The third-order valence-electron chi connectivity index (χ3n) is 3.76. The minimum absolute atomic E-state index is 0.0521. The van der Waals surface area contributed by atoms with Gasteiger partial charge in [0.1, 0.15) is 11.3 Å². The van der Waals surface area contributed by atoms with Crippen LogP contribution in [0.4, 0.5) is 0 Å². The Hall–Kier alpha value is -2.15. The molecule has 1 aromatic rings. The number of carbonyl (C=O) groups excluding carboxylic acids is 2. The van der Waals surface area contributed by atoms with Gasteiger partial charge in [0.2, 0.25) is 5.91 Å². The zero-order valence-corrected chi connectivity index (χ0v) is 12.1. The summed E-state index contributed by atoms with van der Waals surface area (Å²) in [5.74, 6) is -0.936. The highest BCUT2D eigenvalue weighted by Gasteiger charge is 2.50. The molecule has 2 rings (SSSR count). The number of aromatic nitrogens is 1. The summed E-state index contributed by atoms with van der Waals surface area (Å²) in [4.78, 5) is 30.3. The average Bonchev–Trinajstić information content (AvgIpc) is 2.91. The average molecular weight is 293 g/mol. The standard InChI is InChI=1S/C14H19N3O4/c1-15-13(20)14(9-21-2)6-4-8-17(14)12(19)11-10(18)5-3-7-16-11/h3,5,7,18H,4,6,8-9H2,1-2H3,(H,15,20). The van der Waals surface area contributed by atoms with Crippen molar-refractivity contribution in [3.8, 4) is 5.75 Å². The van der Waals surface area contributed by atoms with Crippen molar-refractivity contribution in [1.29, 1.82) is 0 Å². The summed E-state index contributed by atoms with van der Waals surface area (Å²) in [6.07, 6.45) is 2.64. The number of likely N-dealkylation sites (tertiary alicyclic amines) is 1. The van der Waals surface area contributed by atoms with Gasteiger partial charge >= 0.3 is 0 Å². The number of methoxy groups -OCH3 is 1. The van der Waals surface area contributed by atoms with E-state index < -0.39 is 11.4 Å². The molecule has 7 nitrogen and oxygen atoms in total. The minimum Gasteiger partial charge on any atom is -0.505 e. The van der Waals surface area contributed by atoms with Gasteiger partial charge in [-0.15, -0.1) is 0 Å². The van der Waals surface area contributed by atoms with Crippen LogP contribution >= 0.6 is 0 Å². The van der Waals surface area contributed by atoms with E-state index in [2.05, 4.69) is 10.3 Å². The lowest BCUT2D eigenvalue weighted by atomic mass is 9.95. The second-order valence-corrected chi connectivity index (χ2v) is 4.98. The normalized spacial score (nSPS) is 21.3. The van der Waals surface area contributed by atoms with Crippen molar-refractivity contribution in [1.82, 2.24) is 15.2 Å². The Balaban J connectivity index is 2.39. The van der Waals surface area contributed by atoms with Crippen LogP contribution in [0.3, 0.4) is 0 Å². The van der Waals surface area contributed by atoms with Crippen molar-refractivity contribution in [3.05, 3.63) is 24.0 Å². The van der Waals surface area contributed by atoms with Crippen molar-refractivity contribution in [2.75, 3.05) is 27.3 Å². The molecule has 114 valence electrons. The van der Waals surface area contributed by atoms with Crippen LogP contribution in [-0.2, 0) is 9.53 Å². The second-order valence-electron chi connectivity index (χ2n) is 4.98. The van der Waals surface area contributed by atoms with E-state index in [9.17, 15) is 14.7 Å². The smallest absolute Gasteiger partial charge is 0.277 e. The van der Waals surface area contributed by atoms with Crippen LogP contribution < -0.4 is 5.32 Å². The Morgan fingerprint density at radius 1 is 1.57 bits per heavy atom. The SMILES string of the molecule is CNC(=O)C1(COC)CCCN1C(=O)c1ncccc1O. The number of likely N-dealkylation sites (N-methyl/N-ethyl adjacent to an activating group) is 1. The van der Waals surface area contributed by atoms with Gasteiger partial charge in [0.15, 0.2) is 5.69 Å². The molecule has 1 aliphatic rings. The van der Waals surface area contributed by atoms with E-state index in [1.165, 1.54) is 37.4 Å². The monoisotopic (exact) mass is 293 g/mol. The highest BCUT2D eigenvalue weighted by Crippen LogP contribution is 2.32. The maximum atomic E-state index is 12.6. The van der Waals surface area contributed by atoms with Gasteiger partial charge in [-0.1, -0.05) is 0 Å². The van der Waals surface area contributed by atoms with E-state index in [-0.39, 0.29) is 24.0 Å². The van der Waals surface area contributed by atoms with Crippen LogP contribution in [0.2, 0.25) is 0 Å². The predicted molar refractivity (Wildman–Crippen MR) is 74.8 cm³/mol. The van der Waals surface area contributed by atoms with Crippen LogP contribution in [-0.4, -0.2) is 59.7 Å². The van der Waals surface area contributed by atoms with Gasteiger partial charge in [-0.2, -0.15) is 0 Å². The number of hydrogen-bond donors (Lipinski definition) is 2. The lowest BCUT2D eigenvalue weighted by Gasteiger charge is -2.36. The molecule has 21 heavy (non-hydrogen) atoms. The summed E-state index contributed by atoms with van der Waals surface area (Å²) in [5.41, 5.74) is -1.10. The molecule has 0 aromatic carbocycles. The predicted octanol–water partition coefficient (Wildman–Crippen LogP) is 0.154. The molecule has 0 bridgehead atoms. The Kier molecular flexibility index (Phi) is 4.42. The van der Waals surface area contributed by atoms with Gasteiger partial charge in [0, 0.05) is 26.9 Å². The number of hydrogen-bond acceptors (Lipinski definition) is 5. The molecular formula is C14H19N3O4. The van der Waals surface area contributed by atoms with Crippen LogP contribution in [0.15, 0.2) is 18.3 Å². The fourth-order valence-electron chi connectivity index (χ4n) is 2.79. The van der Waals surface area contributed by atoms with Gasteiger partial charge in [0.25, 0.3) is 5.91 Å². The Morgan fingerprint density at radius 3 is 2.95 bits per heavy atom. The summed E-state index contributed by atoms with van der Waals surface area (Å²) < 4.78 is 5.16. The van der Waals surface area contributed by atoms with Gasteiger partial charge < -0.3 is 20.1 Å². The number of carbonyl (C=O) groups is 2. The zero-order valence-electron chi connectivity index (χ0n) is 12.1. The molecule has 1 unspecified atom stereocenters. The maximum absolute atomic E-state index is 12.6. The Morgan fingerprint density at radius 2 is 2.33 bits per heavy atom. The van der Waals surface area contributed by atoms with Gasteiger partial charge in [-0.25, -0.2) is 4.98 Å². The molecule has 0 aliphatic carbocycles. The van der Waals surface area contributed by atoms with Gasteiger partial charge in [-0.3, -0.25) is 9.59 Å². The van der Waals surface area contributed by atoms with E-state index in [4.69, 9.17) is 4.74 Å². The fourth-order valence-corrected chi connectivity index (χ4v) is 2.79. The lowest BCUT2D eigenvalue weighted by Crippen LogP contribution is -2.59. The van der Waals surface area contributed by atoms with E-state index in [1.54, 1.807) is 0 Å². The molecule has 2 amide bonds. The zero-order chi connectivity index (χ0) is 15.5. The number of nitrogens with zero attached hydrogens (tertiary/aromatic N) is 2. The lowest BCUT2D eigenvalue weighted by molar-refractivity contribution is -0.133. The number of nitrogens with one attached hydrogen (secondary N) is 1. The Labute approximate surface area is 122 Å². The van der Waals surface area contributed by atoms with Gasteiger partial charge in [0.05, 0.1) is 6.61 Å². The number of aromatic hydroxyl groups is 1. The molecule has 2 N–H and O–H groups in total. The largest absolute Gasteiger partial charge is 0.505 e. The van der Waals surface area contributed by atoms with E-state index in [1.807, 2.05) is 0 Å². The first-order chi connectivity index (χ1) is 10.1. The summed E-state index contributed by atoms with van der Waals surface area (Å²) in [6, 6.07) is 2.94. The van der Waals surface area contributed by atoms with Crippen LogP contribution in [0.25, 0.3) is 0 Å². The third-order valence-corrected chi connectivity index (χ3v) is 3.76. The molecule has 1 atom stereocenters. The van der Waals surface area contributed by atoms with Gasteiger partial charge in [-0.05, 0) is 25.0 Å². The number of ether oxygens (including phenoxy) is 1. The highest BCUT2D eigenvalue weighted by atomic mass is 16.5. The van der Waals surface area contributed by atoms with Crippen molar-refractivity contribution < 1.29 is 19.4 Å². The van der Waals surface area contributed by atoms with Crippen LogP contribution in [0.5, 0.6) is 5.75 Å². The van der Waals surface area contributed by atoms with E-state index in [0.717, 1.165) is 0 Å². The van der Waals surface area contributed by atoms with Crippen LogP contribution in [0, 0.1) is 0 Å². The topological polar surface area (TPSA) is 91.8 Å². The van der Waals surface area contributed by atoms with E-state index in [0.29, 0.717) is 19.4 Å². The Bertz CT molecular complexity index is 549. The minimum atomic E-state index is -1.05. The van der Waals surface area contributed by atoms with Crippen molar-refractivity contribution >= 4 is 11.8 Å². The van der Waals surface area contributed by atoms with Crippen LogP contribution in [0.1, 0.15) is 23.3 Å². The van der Waals surface area contributed by atoms with Crippen molar-refractivity contribution in [3.63, 3.8) is 0 Å². The summed E-state index contributed by atoms with van der Waals surface area (Å²) in [7, 11) is 3.02. The number of pyridine rings is 1. The molecule has 0 radical (unpaired) electrons. The summed E-state index contributed by atoms with van der Waals surface area (Å²) >= 11 is 0. The molecule has 1 aromatic heterocycles. The second kappa shape index (κ2) is 6.09. The molecule has 0 saturated carbocycles. The molecular weight excluding hydrogens is 274 g/mol. The first kappa shape index (κ1) is 15.2. The molecule has 1 aliphatic heterocycles. The molecule has 1 fully saturated rings. The maximum Gasteiger partial charge on any atom is 0.277 e. The van der Waals surface area contributed by atoms with Crippen molar-refractivity contribution in [2.45, 2.75) is 18.4 Å². The third kappa shape index (κ3) is 2.56. The fraction of sp³-hybridized carbons (Fsp3) is 0.500. The molecule has 1 saturated heterocycles. The molecule has 2 heterocycles. The summed E-state index contributed by atoms with van der Waals surface area (Å²) in [6.45, 7) is 0.525. The van der Waals surface area contributed by atoms with Crippen molar-refractivity contribution in [2.24, 2.45) is 0 Å². The quantitative estimate of drug-likeness (QED) is 0.825. The summed E-state index contributed by atoms with van der Waals surface area (Å²) in [5, 5.41) is 12.4. The highest BCUT2D eigenvalue weighted by molar-refractivity contribution is 6.00. The first-order valence-electron chi connectivity index (χ1n) is 6.74. The van der Waals surface area contributed by atoms with E-state index >= 15 is 0 Å². The molecule has 7 heteroatoms.